The third-order valence-electron chi connectivity index (χ3n) is 2.42. The van der Waals surface area contributed by atoms with Gasteiger partial charge in [0.15, 0.2) is 0 Å². The fraction of sp³-hybridized carbons (Fsp3) is 1.00. The number of rotatable bonds is 3. The number of hydrogen-bond acceptors (Lipinski definition) is 2. The van der Waals surface area contributed by atoms with Gasteiger partial charge in [-0.15, -0.1) is 0 Å². The van der Waals surface area contributed by atoms with E-state index in [2.05, 4.69) is 0 Å². The lowest BCUT2D eigenvalue weighted by Crippen LogP contribution is -2.28. The van der Waals surface area contributed by atoms with Crippen LogP contribution in [-0.4, -0.2) is 42.2 Å². The van der Waals surface area contributed by atoms with Crippen LogP contribution in [0.1, 0.15) is 13.3 Å². The van der Waals surface area contributed by atoms with Crippen LogP contribution in [-0.2, 0) is 0 Å². The smallest absolute Gasteiger partial charge is 0.264 e. The van der Waals surface area contributed by atoms with Gasteiger partial charge in [-0.05, 0) is 6.42 Å². The molecule has 12 heavy (non-hydrogen) atoms. The Hall–Kier alpha value is -0.220. The van der Waals surface area contributed by atoms with Crippen molar-refractivity contribution in [1.82, 2.24) is 4.90 Å². The second-order valence-corrected chi connectivity index (χ2v) is 3.32. The second-order valence-electron chi connectivity index (χ2n) is 3.32. The molecule has 1 saturated heterocycles. The first kappa shape index (κ1) is 9.86. The molecule has 0 amide bonds. The molecular formula is C8H15F2NO. The zero-order valence-electron chi connectivity index (χ0n) is 7.26. The largest absolute Gasteiger partial charge is 0.395 e. The van der Waals surface area contributed by atoms with E-state index in [1.807, 2.05) is 0 Å². The molecule has 72 valence electrons. The Labute approximate surface area is 71.2 Å². The van der Waals surface area contributed by atoms with Crippen molar-refractivity contribution in [3.05, 3.63) is 0 Å². The normalized spacial score (nSPS) is 29.5. The molecule has 0 aromatic carbocycles. The molecule has 1 N–H and O–H groups in total. The van der Waals surface area contributed by atoms with Crippen molar-refractivity contribution in [3.8, 4) is 0 Å². The fourth-order valence-electron chi connectivity index (χ4n) is 1.68. The molecule has 0 aliphatic carbocycles. The highest BCUT2D eigenvalue weighted by Gasteiger charge is 2.46. The van der Waals surface area contributed by atoms with Crippen molar-refractivity contribution in [3.63, 3.8) is 0 Å². The molecule has 1 rings (SSSR count). The second kappa shape index (κ2) is 3.66. The minimum Gasteiger partial charge on any atom is -0.395 e. The van der Waals surface area contributed by atoms with Crippen molar-refractivity contribution in [2.75, 3.05) is 26.2 Å². The predicted molar refractivity (Wildman–Crippen MR) is 42.3 cm³/mol. The van der Waals surface area contributed by atoms with Crippen molar-refractivity contribution in [2.24, 2.45) is 5.92 Å². The third kappa shape index (κ3) is 1.93. The van der Waals surface area contributed by atoms with Crippen LogP contribution in [0.15, 0.2) is 0 Å². The molecule has 0 spiro atoms. The zero-order chi connectivity index (χ0) is 9.19. The Morgan fingerprint density at radius 3 is 2.67 bits per heavy atom. The van der Waals surface area contributed by atoms with Gasteiger partial charge >= 0.3 is 0 Å². The van der Waals surface area contributed by atoms with Gasteiger partial charge in [-0.3, -0.25) is 4.90 Å². The summed E-state index contributed by atoms with van der Waals surface area (Å²) in [5, 5.41) is 8.57. The molecule has 0 saturated carbocycles. The molecule has 1 heterocycles. The van der Waals surface area contributed by atoms with E-state index in [4.69, 9.17) is 5.11 Å². The summed E-state index contributed by atoms with van der Waals surface area (Å²) < 4.78 is 26.1. The molecule has 1 aliphatic rings. The summed E-state index contributed by atoms with van der Waals surface area (Å²) in [6.07, 6.45) is 0.509. The van der Waals surface area contributed by atoms with Crippen LogP contribution in [0.5, 0.6) is 0 Å². The first-order valence-corrected chi connectivity index (χ1v) is 4.31. The van der Waals surface area contributed by atoms with E-state index in [0.29, 0.717) is 19.5 Å². The van der Waals surface area contributed by atoms with E-state index in [-0.39, 0.29) is 13.2 Å². The molecule has 0 aromatic rings. The molecule has 0 aromatic heterocycles. The molecule has 1 aliphatic heterocycles. The Bertz CT molecular complexity index is 152. The van der Waals surface area contributed by atoms with Gasteiger partial charge in [0.2, 0.25) is 0 Å². The van der Waals surface area contributed by atoms with E-state index in [0.717, 1.165) is 0 Å². The highest BCUT2D eigenvalue weighted by Crippen LogP contribution is 2.34. The summed E-state index contributed by atoms with van der Waals surface area (Å²) in [5.41, 5.74) is 0. The number of alkyl halides is 2. The van der Waals surface area contributed by atoms with Gasteiger partial charge in [-0.2, -0.15) is 0 Å². The van der Waals surface area contributed by atoms with Crippen LogP contribution in [0.2, 0.25) is 0 Å². The lowest BCUT2D eigenvalue weighted by molar-refractivity contribution is -0.0282. The van der Waals surface area contributed by atoms with Gasteiger partial charge in [0.25, 0.3) is 5.92 Å². The summed E-state index contributed by atoms with van der Waals surface area (Å²) in [6, 6.07) is 0. The Kier molecular flexibility index (Phi) is 3.01. The predicted octanol–water partition coefficient (Wildman–Crippen LogP) is 0.956. The zero-order valence-corrected chi connectivity index (χ0v) is 7.26. The van der Waals surface area contributed by atoms with E-state index in [1.54, 1.807) is 11.8 Å². The average molecular weight is 179 g/mol. The minimum absolute atomic E-state index is 0.0352. The van der Waals surface area contributed by atoms with E-state index in [9.17, 15) is 8.78 Å². The lowest BCUT2D eigenvalue weighted by Gasteiger charge is -2.14. The topological polar surface area (TPSA) is 23.5 Å². The van der Waals surface area contributed by atoms with Gasteiger partial charge in [-0.1, -0.05) is 6.92 Å². The van der Waals surface area contributed by atoms with Crippen LogP contribution in [0.25, 0.3) is 0 Å². The molecule has 1 unspecified atom stereocenters. The number of likely N-dealkylation sites (tertiary alicyclic amines) is 1. The number of halogens is 2. The van der Waals surface area contributed by atoms with E-state index in [1.165, 1.54) is 0 Å². The molecule has 1 fully saturated rings. The Morgan fingerprint density at radius 2 is 2.25 bits per heavy atom. The summed E-state index contributed by atoms with van der Waals surface area (Å²) in [4.78, 5) is 1.62. The Balaban J connectivity index is 2.48. The monoisotopic (exact) mass is 179 g/mol. The minimum atomic E-state index is -2.55. The van der Waals surface area contributed by atoms with Gasteiger partial charge in [0, 0.05) is 19.0 Å². The number of aliphatic hydroxyl groups is 1. The highest BCUT2D eigenvalue weighted by atomic mass is 19.3. The van der Waals surface area contributed by atoms with Gasteiger partial charge in [0.1, 0.15) is 0 Å². The number of nitrogens with zero attached hydrogens (tertiary/aromatic N) is 1. The van der Waals surface area contributed by atoms with Gasteiger partial charge in [-0.25, -0.2) is 8.78 Å². The summed E-state index contributed by atoms with van der Waals surface area (Å²) in [7, 11) is 0. The summed E-state index contributed by atoms with van der Waals surface area (Å²) >= 11 is 0. The van der Waals surface area contributed by atoms with Crippen molar-refractivity contribution in [2.45, 2.75) is 19.3 Å². The summed E-state index contributed by atoms with van der Waals surface area (Å²) in [5.74, 6) is -3.08. The molecule has 2 nitrogen and oxygen atoms in total. The van der Waals surface area contributed by atoms with Gasteiger partial charge < -0.3 is 5.11 Å². The molecule has 1 atom stereocenters. The highest BCUT2D eigenvalue weighted by molar-refractivity contribution is 4.89. The van der Waals surface area contributed by atoms with Crippen LogP contribution < -0.4 is 0 Å². The first-order valence-electron chi connectivity index (χ1n) is 4.31. The first-order chi connectivity index (χ1) is 5.60. The SMILES string of the molecule is CCC1CN(CCO)CC1(F)F. The van der Waals surface area contributed by atoms with Crippen LogP contribution in [0.4, 0.5) is 8.78 Å². The lowest BCUT2D eigenvalue weighted by atomic mass is 10.0. The number of aliphatic hydroxyl groups excluding tert-OH is 1. The Morgan fingerprint density at radius 1 is 1.58 bits per heavy atom. The number of hydrogen-bond donors (Lipinski definition) is 1. The molecular weight excluding hydrogens is 164 g/mol. The van der Waals surface area contributed by atoms with E-state index >= 15 is 0 Å². The van der Waals surface area contributed by atoms with Crippen molar-refractivity contribution in [1.29, 1.82) is 0 Å². The maximum atomic E-state index is 13.1. The maximum Gasteiger partial charge on any atom is 0.264 e. The van der Waals surface area contributed by atoms with Gasteiger partial charge in [0.05, 0.1) is 13.2 Å². The van der Waals surface area contributed by atoms with E-state index < -0.39 is 11.8 Å². The van der Waals surface area contributed by atoms with Crippen LogP contribution >= 0.6 is 0 Å². The van der Waals surface area contributed by atoms with Crippen molar-refractivity contribution >= 4 is 0 Å². The van der Waals surface area contributed by atoms with Crippen LogP contribution in [0, 0.1) is 5.92 Å². The molecule has 4 heteroatoms. The molecule has 0 bridgehead atoms. The van der Waals surface area contributed by atoms with Crippen LogP contribution in [0.3, 0.4) is 0 Å². The fourth-order valence-corrected chi connectivity index (χ4v) is 1.68. The third-order valence-corrected chi connectivity index (χ3v) is 2.42. The standard InChI is InChI=1S/C8H15F2NO/c1-2-7-5-11(3-4-12)6-8(7,9)10/h7,12H,2-6H2,1H3. The molecule has 0 radical (unpaired) electrons. The quantitative estimate of drug-likeness (QED) is 0.697. The summed E-state index contributed by atoms with van der Waals surface area (Å²) in [6.45, 7) is 2.34. The maximum absolute atomic E-state index is 13.1. The number of β-amino-alcohol motifs (C(OH)–C–C–N with tert-alkyl or cyclic N) is 1. The van der Waals surface area contributed by atoms with Crippen molar-refractivity contribution < 1.29 is 13.9 Å². The average Bonchev–Trinajstić information content (AvgIpc) is 2.25.